The van der Waals surface area contributed by atoms with E-state index >= 15 is 0 Å². The van der Waals surface area contributed by atoms with Gasteiger partial charge in [-0.25, -0.2) is 0 Å². The predicted molar refractivity (Wildman–Crippen MR) is 98.9 cm³/mol. The van der Waals surface area contributed by atoms with Gasteiger partial charge in [0, 0.05) is 5.69 Å². The minimum absolute atomic E-state index is 0. The molecular weight excluding hydrogens is 308 g/mol. The van der Waals surface area contributed by atoms with Crippen molar-refractivity contribution < 1.29 is 4.74 Å². The SMILES string of the molecule is Cc1n[nH]c(C)c1CCCCCOc1ccccc1C(C)C.Cl. The summed E-state index contributed by atoms with van der Waals surface area (Å²) in [6, 6.07) is 8.36. The van der Waals surface area contributed by atoms with Gasteiger partial charge in [-0.3, -0.25) is 5.10 Å². The molecule has 0 bridgehead atoms. The molecule has 1 N–H and O–H groups in total. The van der Waals surface area contributed by atoms with Crippen molar-refractivity contribution in [3.05, 3.63) is 46.8 Å². The average Bonchev–Trinajstić information content (AvgIpc) is 2.82. The van der Waals surface area contributed by atoms with Crippen LogP contribution in [0.3, 0.4) is 0 Å². The van der Waals surface area contributed by atoms with E-state index in [4.69, 9.17) is 4.74 Å². The molecule has 0 aliphatic carbocycles. The summed E-state index contributed by atoms with van der Waals surface area (Å²) < 4.78 is 5.96. The van der Waals surface area contributed by atoms with Gasteiger partial charge in [0.25, 0.3) is 0 Å². The van der Waals surface area contributed by atoms with E-state index in [-0.39, 0.29) is 12.4 Å². The van der Waals surface area contributed by atoms with Crippen molar-refractivity contribution in [1.29, 1.82) is 0 Å². The van der Waals surface area contributed by atoms with Crippen LogP contribution in [0.25, 0.3) is 0 Å². The Morgan fingerprint density at radius 3 is 2.48 bits per heavy atom. The van der Waals surface area contributed by atoms with Crippen LogP contribution in [0.5, 0.6) is 5.75 Å². The van der Waals surface area contributed by atoms with Gasteiger partial charge in [-0.05, 0) is 62.6 Å². The molecule has 1 aromatic heterocycles. The molecule has 23 heavy (non-hydrogen) atoms. The Balaban J connectivity index is 0.00000264. The lowest BCUT2D eigenvalue weighted by molar-refractivity contribution is 0.301. The number of unbranched alkanes of at least 4 members (excludes halogenated alkanes) is 2. The zero-order chi connectivity index (χ0) is 15.9. The van der Waals surface area contributed by atoms with Gasteiger partial charge >= 0.3 is 0 Å². The molecule has 0 atom stereocenters. The highest BCUT2D eigenvalue weighted by Crippen LogP contribution is 2.26. The van der Waals surface area contributed by atoms with Gasteiger partial charge in [0.1, 0.15) is 5.75 Å². The largest absolute Gasteiger partial charge is 0.493 e. The van der Waals surface area contributed by atoms with Crippen LogP contribution in [-0.2, 0) is 6.42 Å². The second kappa shape index (κ2) is 9.61. The first-order valence-electron chi connectivity index (χ1n) is 8.31. The lowest BCUT2D eigenvalue weighted by Gasteiger charge is -2.13. The second-order valence-corrected chi connectivity index (χ2v) is 6.26. The number of aryl methyl sites for hydroxylation is 2. The number of ether oxygens (including phenoxy) is 1. The molecule has 0 radical (unpaired) electrons. The van der Waals surface area contributed by atoms with Gasteiger partial charge in [0.15, 0.2) is 0 Å². The van der Waals surface area contributed by atoms with Gasteiger partial charge in [-0.15, -0.1) is 12.4 Å². The van der Waals surface area contributed by atoms with Gasteiger partial charge in [0.05, 0.1) is 12.3 Å². The van der Waals surface area contributed by atoms with Crippen LogP contribution in [0.4, 0.5) is 0 Å². The minimum atomic E-state index is 0. The monoisotopic (exact) mass is 336 g/mol. The molecular formula is C19H29ClN2O. The fourth-order valence-electron chi connectivity index (χ4n) is 2.79. The highest BCUT2D eigenvalue weighted by atomic mass is 35.5. The average molecular weight is 337 g/mol. The number of H-pyrrole nitrogens is 1. The minimum Gasteiger partial charge on any atom is -0.493 e. The molecule has 1 heterocycles. The van der Waals surface area contributed by atoms with Crippen LogP contribution in [0.1, 0.15) is 61.5 Å². The number of para-hydroxylation sites is 1. The number of aromatic amines is 1. The normalized spacial score (nSPS) is 10.7. The highest BCUT2D eigenvalue weighted by Gasteiger charge is 2.07. The Morgan fingerprint density at radius 1 is 1.09 bits per heavy atom. The van der Waals surface area contributed by atoms with Crippen LogP contribution >= 0.6 is 12.4 Å². The zero-order valence-electron chi connectivity index (χ0n) is 14.7. The Kier molecular flexibility index (Phi) is 8.18. The number of halogens is 1. The zero-order valence-corrected chi connectivity index (χ0v) is 15.5. The molecule has 1 aromatic carbocycles. The number of hydrogen-bond acceptors (Lipinski definition) is 2. The summed E-state index contributed by atoms with van der Waals surface area (Å²) in [5.41, 5.74) is 5.03. The molecule has 0 fully saturated rings. The number of hydrogen-bond donors (Lipinski definition) is 1. The maximum absolute atomic E-state index is 5.96. The first-order chi connectivity index (χ1) is 10.6. The van der Waals surface area contributed by atoms with Gasteiger partial charge in [-0.2, -0.15) is 5.10 Å². The fourth-order valence-corrected chi connectivity index (χ4v) is 2.79. The van der Waals surface area contributed by atoms with Crippen molar-refractivity contribution in [3.63, 3.8) is 0 Å². The first kappa shape index (κ1) is 19.6. The van der Waals surface area contributed by atoms with E-state index < -0.39 is 0 Å². The molecule has 128 valence electrons. The van der Waals surface area contributed by atoms with E-state index in [1.54, 1.807) is 0 Å². The fraction of sp³-hybridized carbons (Fsp3) is 0.526. The topological polar surface area (TPSA) is 37.9 Å². The Hall–Kier alpha value is -1.48. The molecule has 0 saturated heterocycles. The Morgan fingerprint density at radius 2 is 1.83 bits per heavy atom. The molecule has 0 amide bonds. The summed E-state index contributed by atoms with van der Waals surface area (Å²) in [7, 11) is 0. The number of nitrogens with zero attached hydrogens (tertiary/aromatic N) is 1. The van der Waals surface area contributed by atoms with Gasteiger partial charge in [0.2, 0.25) is 0 Å². The maximum atomic E-state index is 5.96. The predicted octanol–water partition coefficient (Wildman–Crippen LogP) is 5.36. The first-order valence-corrected chi connectivity index (χ1v) is 8.31. The van der Waals surface area contributed by atoms with Crippen molar-refractivity contribution in [2.45, 2.75) is 59.3 Å². The molecule has 0 aliphatic rings. The number of aromatic nitrogens is 2. The van der Waals surface area contributed by atoms with Crippen molar-refractivity contribution in [2.75, 3.05) is 6.61 Å². The third-order valence-electron chi connectivity index (χ3n) is 4.15. The lowest BCUT2D eigenvalue weighted by atomic mass is 10.0. The summed E-state index contributed by atoms with van der Waals surface area (Å²) in [6.07, 6.45) is 4.59. The molecule has 2 rings (SSSR count). The van der Waals surface area contributed by atoms with E-state index in [2.05, 4.69) is 56.1 Å². The molecule has 4 heteroatoms. The Labute approximate surface area is 146 Å². The van der Waals surface area contributed by atoms with Crippen LogP contribution in [0.2, 0.25) is 0 Å². The quantitative estimate of drug-likeness (QED) is 0.658. The number of benzene rings is 1. The standard InChI is InChI=1S/C19H28N2O.ClH/c1-14(2)17-10-7-8-12-19(17)22-13-9-5-6-11-18-15(3)20-21-16(18)4;/h7-8,10,12,14H,5-6,9,11,13H2,1-4H3,(H,20,21);1H. The van der Waals surface area contributed by atoms with E-state index in [1.165, 1.54) is 29.7 Å². The summed E-state index contributed by atoms with van der Waals surface area (Å²) in [5.74, 6) is 1.54. The van der Waals surface area contributed by atoms with Crippen LogP contribution in [-0.4, -0.2) is 16.8 Å². The van der Waals surface area contributed by atoms with Crippen LogP contribution < -0.4 is 4.74 Å². The highest BCUT2D eigenvalue weighted by molar-refractivity contribution is 5.85. The van der Waals surface area contributed by atoms with E-state index in [1.807, 2.05) is 6.07 Å². The lowest BCUT2D eigenvalue weighted by Crippen LogP contribution is -2.01. The van der Waals surface area contributed by atoms with E-state index in [0.717, 1.165) is 30.9 Å². The molecule has 0 saturated carbocycles. The summed E-state index contributed by atoms with van der Waals surface area (Å²) in [6.45, 7) is 9.38. The van der Waals surface area contributed by atoms with Crippen molar-refractivity contribution in [1.82, 2.24) is 10.2 Å². The molecule has 0 aliphatic heterocycles. The van der Waals surface area contributed by atoms with Crippen LogP contribution in [0.15, 0.2) is 24.3 Å². The molecule has 2 aromatic rings. The van der Waals surface area contributed by atoms with Crippen molar-refractivity contribution >= 4 is 12.4 Å². The van der Waals surface area contributed by atoms with Crippen molar-refractivity contribution in [3.8, 4) is 5.75 Å². The molecule has 0 spiro atoms. The van der Waals surface area contributed by atoms with Gasteiger partial charge in [-0.1, -0.05) is 32.0 Å². The third-order valence-corrected chi connectivity index (χ3v) is 4.15. The second-order valence-electron chi connectivity index (χ2n) is 6.26. The summed E-state index contributed by atoms with van der Waals surface area (Å²) >= 11 is 0. The smallest absolute Gasteiger partial charge is 0.122 e. The summed E-state index contributed by atoms with van der Waals surface area (Å²) in [4.78, 5) is 0. The molecule has 3 nitrogen and oxygen atoms in total. The summed E-state index contributed by atoms with van der Waals surface area (Å²) in [5, 5.41) is 7.30. The molecule has 0 unspecified atom stereocenters. The Bertz CT molecular complexity index is 573. The third kappa shape index (κ3) is 5.58. The maximum Gasteiger partial charge on any atom is 0.122 e. The van der Waals surface area contributed by atoms with E-state index in [0.29, 0.717) is 5.92 Å². The number of nitrogens with one attached hydrogen (secondary N) is 1. The van der Waals surface area contributed by atoms with Gasteiger partial charge < -0.3 is 4.74 Å². The van der Waals surface area contributed by atoms with Crippen LogP contribution in [0, 0.1) is 13.8 Å². The number of rotatable bonds is 8. The van der Waals surface area contributed by atoms with Crippen molar-refractivity contribution in [2.24, 2.45) is 0 Å². The van der Waals surface area contributed by atoms with E-state index in [9.17, 15) is 0 Å².